The fourth-order valence-electron chi connectivity index (χ4n) is 7.61. The summed E-state index contributed by atoms with van der Waals surface area (Å²) < 4.78 is 0. The lowest BCUT2D eigenvalue weighted by Crippen LogP contribution is -2.28. The molecule has 2 bridgehead atoms. The van der Waals surface area contributed by atoms with Crippen molar-refractivity contribution in [1.82, 2.24) is 0 Å². The summed E-state index contributed by atoms with van der Waals surface area (Å²) in [5.74, 6) is 8.14. The molecule has 0 amide bonds. The highest BCUT2D eigenvalue weighted by atomic mass is 14.9. The lowest BCUT2D eigenvalue weighted by Gasteiger charge is -2.33. The third-order valence-electron chi connectivity index (χ3n) is 7.83. The molecule has 8 atom stereocenters. The van der Waals surface area contributed by atoms with E-state index in [4.69, 9.17) is 0 Å². The summed E-state index contributed by atoms with van der Waals surface area (Å²) in [6.45, 7) is 7.70. The predicted molar refractivity (Wildman–Crippen MR) is 60.2 cm³/mol. The Balaban J connectivity index is 1.68. The van der Waals surface area contributed by atoms with Crippen LogP contribution in [0, 0.1) is 52.3 Å². The first-order chi connectivity index (χ1) is 7.11. The van der Waals surface area contributed by atoms with Crippen LogP contribution in [-0.4, -0.2) is 0 Å². The van der Waals surface area contributed by atoms with Crippen molar-refractivity contribution in [2.45, 2.75) is 40.0 Å². The fraction of sp³-hybridized carbons (Fsp3) is 1.00. The van der Waals surface area contributed by atoms with E-state index in [0.717, 1.165) is 28.6 Å². The van der Waals surface area contributed by atoms with Crippen LogP contribution in [0.4, 0.5) is 0 Å². The maximum atomic E-state index is 2.59. The molecule has 0 heterocycles. The van der Waals surface area contributed by atoms with E-state index in [2.05, 4.69) is 20.8 Å². The molecule has 0 nitrogen and oxygen atoms in total. The zero-order chi connectivity index (χ0) is 10.2. The highest BCUT2D eigenvalue weighted by Gasteiger charge is 2.90. The second-order valence-electron chi connectivity index (χ2n) is 7.98. The standard InChI is InChI=1S/C15H22/c1-7-10-12-13(14(12,2)3)11-8-4-5-9(6-8)15(7,10)11/h7-13H,4-6H2,1-3H3. The van der Waals surface area contributed by atoms with E-state index in [-0.39, 0.29) is 0 Å². The van der Waals surface area contributed by atoms with E-state index in [1.807, 2.05) is 0 Å². The third-order valence-corrected chi connectivity index (χ3v) is 7.83. The summed E-state index contributed by atoms with van der Waals surface area (Å²) >= 11 is 0. The van der Waals surface area contributed by atoms with Gasteiger partial charge in [-0.05, 0) is 71.5 Å². The van der Waals surface area contributed by atoms with Gasteiger partial charge < -0.3 is 0 Å². The van der Waals surface area contributed by atoms with Gasteiger partial charge in [0.05, 0.1) is 0 Å². The second kappa shape index (κ2) is 1.83. The minimum absolute atomic E-state index is 0.744. The normalized spacial score (nSPS) is 75.0. The molecule has 0 aromatic rings. The van der Waals surface area contributed by atoms with Gasteiger partial charge in [0, 0.05) is 0 Å². The summed E-state index contributed by atoms with van der Waals surface area (Å²) in [6.07, 6.45) is 4.82. The molecule has 0 N–H and O–H groups in total. The molecule has 5 aliphatic rings. The average Bonchev–Trinajstić information content (AvgIpc) is 2.84. The summed E-state index contributed by atoms with van der Waals surface area (Å²) in [6, 6.07) is 0. The minimum Gasteiger partial charge on any atom is -0.0616 e. The summed E-state index contributed by atoms with van der Waals surface area (Å²) in [4.78, 5) is 0. The number of hydrogen-bond donors (Lipinski definition) is 0. The Bertz CT molecular complexity index is 368. The van der Waals surface area contributed by atoms with Gasteiger partial charge in [0.2, 0.25) is 0 Å². The summed E-state index contributed by atoms with van der Waals surface area (Å²) in [7, 11) is 0. The Morgan fingerprint density at radius 1 is 0.933 bits per heavy atom. The van der Waals surface area contributed by atoms with Crippen LogP contribution in [0.3, 0.4) is 0 Å². The van der Waals surface area contributed by atoms with Crippen LogP contribution in [0.15, 0.2) is 0 Å². The first kappa shape index (κ1) is 8.14. The average molecular weight is 202 g/mol. The molecule has 5 fully saturated rings. The second-order valence-corrected chi connectivity index (χ2v) is 7.98. The molecule has 0 saturated heterocycles. The van der Waals surface area contributed by atoms with Gasteiger partial charge in [0.15, 0.2) is 0 Å². The largest absolute Gasteiger partial charge is 0.0616 e. The van der Waals surface area contributed by atoms with Crippen molar-refractivity contribution >= 4 is 0 Å². The van der Waals surface area contributed by atoms with Gasteiger partial charge in [0.1, 0.15) is 0 Å². The molecule has 0 aromatic heterocycles. The van der Waals surface area contributed by atoms with Gasteiger partial charge in [-0.15, -0.1) is 0 Å². The molecule has 0 aliphatic heterocycles. The van der Waals surface area contributed by atoms with Crippen molar-refractivity contribution in [3.8, 4) is 0 Å². The van der Waals surface area contributed by atoms with Crippen LogP contribution in [0.1, 0.15) is 40.0 Å². The first-order valence-corrected chi connectivity index (χ1v) is 7.11. The van der Waals surface area contributed by atoms with E-state index >= 15 is 0 Å². The predicted octanol–water partition coefficient (Wildman–Crippen LogP) is 3.57. The number of hydrogen-bond acceptors (Lipinski definition) is 0. The lowest BCUT2D eigenvalue weighted by atomic mass is 9.71. The lowest BCUT2D eigenvalue weighted by molar-refractivity contribution is 0.145. The number of rotatable bonds is 0. The highest BCUT2D eigenvalue weighted by Crippen LogP contribution is 2.94. The summed E-state index contributed by atoms with van der Waals surface area (Å²) in [5.41, 5.74) is 1.67. The van der Waals surface area contributed by atoms with E-state index in [9.17, 15) is 0 Å². The van der Waals surface area contributed by atoms with Crippen molar-refractivity contribution in [3.05, 3.63) is 0 Å². The van der Waals surface area contributed by atoms with Crippen LogP contribution < -0.4 is 0 Å². The van der Waals surface area contributed by atoms with E-state index in [1.54, 1.807) is 19.3 Å². The Labute approximate surface area is 92.8 Å². The summed E-state index contributed by atoms with van der Waals surface area (Å²) in [5, 5.41) is 0. The molecular formula is C15H22. The number of fused-ring (bicyclic) bond motifs is 6. The zero-order valence-corrected chi connectivity index (χ0v) is 10.2. The molecule has 5 rings (SSSR count). The highest BCUT2D eigenvalue weighted by molar-refractivity contribution is 5.37. The molecule has 0 radical (unpaired) electrons. The Kier molecular flexibility index (Phi) is 0.991. The van der Waals surface area contributed by atoms with Crippen LogP contribution >= 0.6 is 0 Å². The smallest absolute Gasteiger partial charge is 0.0173 e. The molecule has 0 heteroatoms. The Morgan fingerprint density at radius 2 is 1.67 bits per heavy atom. The fourth-order valence-corrected chi connectivity index (χ4v) is 7.61. The van der Waals surface area contributed by atoms with Crippen molar-refractivity contribution in [2.24, 2.45) is 52.3 Å². The first-order valence-electron chi connectivity index (χ1n) is 7.11. The quantitative estimate of drug-likeness (QED) is 0.563. The van der Waals surface area contributed by atoms with Gasteiger partial charge in [-0.3, -0.25) is 0 Å². The monoisotopic (exact) mass is 202 g/mol. The molecule has 82 valence electrons. The van der Waals surface area contributed by atoms with Crippen LogP contribution in [0.5, 0.6) is 0 Å². The van der Waals surface area contributed by atoms with Crippen molar-refractivity contribution in [3.63, 3.8) is 0 Å². The van der Waals surface area contributed by atoms with Gasteiger partial charge in [-0.2, -0.15) is 0 Å². The van der Waals surface area contributed by atoms with Gasteiger partial charge in [0.25, 0.3) is 0 Å². The topological polar surface area (TPSA) is 0 Å². The van der Waals surface area contributed by atoms with Crippen molar-refractivity contribution in [2.75, 3.05) is 0 Å². The molecule has 5 aliphatic carbocycles. The maximum absolute atomic E-state index is 2.59. The van der Waals surface area contributed by atoms with Crippen LogP contribution in [0.2, 0.25) is 0 Å². The SMILES string of the molecule is CC1C2C3C(C4C5CCC(C5)C142)C3(C)C. The molecule has 5 saturated carbocycles. The maximum Gasteiger partial charge on any atom is -0.0173 e. The zero-order valence-electron chi connectivity index (χ0n) is 10.2. The van der Waals surface area contributed by atoms with Gasteiger partial charge in [-0.1, -0.05) is 20.8 Å². The van der Waals surface area contributed by atoms with Crippen LogP contribution in [-0.2, 0) is 0 Å². The molecule has 0 aromatic carbocycles. The van der Waals surface area contributed by atoms with Crippen LogP contribution in [0.25, 0.3) is 0 Å². The van der Waals surface area contributed by atoms with E-state index in [1.165, 1.54) is 23.7 Å². The molecule has 15 heavy (non-hydrogen) atoms. The Morgan fingerprint density at radius 3 is 2.47 bits per heavy atom. The molecule has 1 spiro atoms. The van der Waals surface area contributed by atoms with Crippen molar-refractivity contribution in [1.29, 1.82) is 0 Å². The van der Waals surface area contributed by atoms with Gasteiger partial charge in [-0.25, -0.2) is 0 Å². The van der Waals surface area contributed by atoms with Gasteiger partial charge >= 0.3 is 0 Å². The van der Waals surface area contributed by atoms with Crippen molar-refractivity contribution < 1.29 is 0 Å². The Hall–Kier alpha value is 0. The molecular weight excluding hydrogens is 180 g/mol. The third kappa shape index (κ3) is 0.542. The molecule has 8 unspecified atom stereocenters. The van der Waals surface area contributed by atoms with E-state index < -0.39 is 0 Å². The van der Waals surface area contributed by atoms with E-state index in [0.29, 0.717) is 0 Å². The minimum atomic E-state index is 0.744.